The van der Waals surface area contributed by atoms with E-state index < -0.39 is 49.9 Å². The second kappa shape index (κ2) is 12.9. The van der Waals surface area contributed by atoms with Gasteiger partial charge in [0.1, 0.15) is 11.4 Å². The maximum absolute atomic E-state index is 14.5. The molecule has 0 aliphatic carbocycles. The minimum atomic E-state index is -2.41. The fourth-order valence-corrected chi connectivity index (χ4v) is 5.30. The minimum Gasteiger partial charge on any atom is -0.481 e. The van der Waals surface area contributed by atoms with Gasteiger partial charge in [-0.15, -0.1) is 0 Å². The maximum atomic E-state index is 14.5. The first-order valence-electron chi connectivity index (χ1n) is 13.2. The molecule has 0 aliphatic heterocycles. The Hall–Kier alpha value is -2.71. The van der Waals surface area contributed by atoms with E-state index in [0.717, 1.165) is 5.56 Å². The quantitative estimate of drug-likeness (QED) is 0.297. The van der Waals surface area contributed by atoms with Crippen LogP contribution in [0.5, 0.6) is 0 Å². The third-order valence-electron chi connectivity index (χ3n) is 6.99. The lowest BCUT2D eigenvalue weighted by atomic mass is 9.89. The summed E-state index contributed by atoms with van der Waals surface area (Å²) < 4.78 is 26.8. The van der Waals surface area contributed by atoms with Crippen molar-refractivity contribution in [2.75, 3.05) is 0 Å². The largest absolute Gasteiger partial charge is 0.481 e. The first-order chi connectivity index (χ1) is 17.5. The Morgan fingerprint density at radius 1 is 0.947 bits per heavy atom. The molecular formula is C30H44FNO5Si. The van der Waals surface area contributed by atoms with Crippen LogP contribution in [0.1, 0.15) is 59.1 Å². The van der Waals surface area contributed by atoms with Crippen molar-refractivity contribution in [3.63, 3.8) is 0 Å². The molecule has 0 bridgehead atoms. The van der Waals surface area contributed by atoms with Crippen molar-refractivity contribution in [2.24, 2.45) is 5.92 Å². The van der Waals surface area contributed by atoms with E-state index in [-0.39, 0.29) is 17.9 Å². The van der Waals surface area contributed by atoms with Gasteiger partial charge in [0.05, 0.1) is 18.1 Å². The van der Waals surface area contributed by atoms with Gasteiger partial charge < -0.3 is 19.6 Å². The van der Waals surface area contributed by atoms with Crippen molar-refractivity contribution in [1.82, 2.24) is 5.32 Å². The minimum absolute atomic E-state index is 0.0177. The van der Waals surface area contributed by atoms with Gasteiger partial charge in [-0.25, -0.2) is 9.18 Å². The smallest absolute Gasteiger partial charge is 0.407 e. The second-order valence-electron chi connectivity index (χ2n) is 12.4. The summed E-state index contributed by atoms with van der Waals surface area (Å²) in [5, 5.41) is 13.0. The number of ether oxygens (including phenoxy) is 1. The molecule has 38 heavy (non-hydrogen) atoms. The van der Waals surface area contributed by atoms with Crippen LogP contribution in [0.25, 0.3) is 0 Å². The molecule has 0 radical (unpaired) electrons. The number of amides is 1. The molecule has 3 unspecified atom stereocenters. The van der Waals surface area contributed by atoms with Crippen molar-refractivity contribution < 1.29 is 28.2 Å². The van der Waals surface area contributed by atoms with Crippen LogP contribution in [-0.4, -0.2) is 43.2 Å². The molecule has 2 N–H and O–H groups in total. The van der Waals surface area contributed by atoms with Crippen LogP contribution >= 0.6 is 0 Å². The lowest BCUT2D eigenvalue weighted by Gasteiger charge is -2.42. The fraction of sp³-hybridized carbons (Fsp3) is 0.533. The van der Waals surface area contributed by atoms with E-state index in [9.17, 15) is 19.1 Å². The monoisotopic (exact) mass is 545 g/mol. The number of carboxylic acid groups (broad SMARTS) is 1. The summed E-state index contributed by atoms with van der Waals surface area (Å²) >= 11 is 0. The number of carbonyl (C=O) groups is 2. The van der Waals surface area contributed by atoms with E-state index in [4.69, 9.17) is 9.16 Å². The van der Waals surface area contributed by atoms with E-state index in [2.05, 4.69) is 39.2 Å². The molecule has 3 atom stereocenters. The van der Waals surface area contributed by atoms with E-state index in [0.29, 0.717) is 12.0 Å². The number of carboxylic acids is 1. The number of rotatable bonds is 11. The van der Waals surface area contributed by atoms with Crippen LogP contribution in [0.3, 0.4) is 0 Å². The summed E-state index contributed by atoms with van der Waals surface area (Å²) in [5.74, 6) is -2.39. The number of benzene rings is 2. The van der Waals surface area contributed by atoms with Crippen molar-refractivity contribution in [3.8, 4) is 0 Å². The predicted octanol–water partition coefficient (Wildman–Crippen LogP) is 6.99. The zero-order valence-electron chi connectivity index (χ0n) is 24.0. The average Bonchev–Trinajstić information content (AvgIpc) is 2.77. The molecule has 0 heterocycles. The third-order valence-corrected chi connectivity index (χ3v) is 11.5. The Kier molecular flexibility index (Phi) is 10.7. The van der Waals surface area contributed by atoms with Gasteiger partial charge in [0.15, 0.2) is 8.32 Å². The Labute approximate surface area is 228 Å². The van der Waals surface area contributed by atoms with Crippen molar-refractivity contribution in [1.29, 1.82) is 0 Å². The predicted molar refractivity (Wildman–Crippen MR) is 151 cm³/mol. The van der Waals surface area contributed by atoms with Crippen molar-refractivity contribution in [3.05, 3.63) is 71.5 Å². The average molecular weight is 546 g/mol. The van der Waals surface area contributed by atoms with Crippen LogP contribution < -0.4 is 5.32 Å². The molecule has 210 valence electrons. The third kappa shape index (κ3) is 9.87. The summed E-state index contributed by atoms with van der Waals surface area (Å²) in [7, 11) is -2.41. The number of nitrogens with one attached hydrogen (secondary N) is 1. The number of alkyl carbamates (subject to hydrolysis) is 1. The van der Waals surface area contributed by atoms with Gasteiger partial charge >= 0.3 is 12.1 Å². The Morgan fingerprint density at radius 3 is 2.05 bits per heavy atom. The summed E-state index contributed by atoms with van der Waals surface area (Å²) in [6, 6.07) is 15.3. The highest BCUT2D eigenvalue weighted by Gasteiger charge is 2.42. The van der Waals surface area contributed by atoms with Crippen LogP contribution in [0.15, 0.2) is 54.6 Å². The molecular weight excluding hydrogens is 501 g/mol. The van der Waals surface area contributed by atoms with Gasteiger partial charge in [0.25, 0.3) is 0 Å². The molecule has 2 aromatic rings. The summed E-state index contributed by atoms with van der Waals surface area (Å²) in [6.07, 6.45) is -0.696. The van der Waals surface area contributed by atoms with Crippen molar-refractivity contribution >= 4 is 20.4 Å². The second-order valence-corrected chi connectivity index (χ2v) is 17.2. The van der Waals surface area contributed by atoms with Gasteiger partial charge in [-0.05, 0) is 75.4 Å². The molecule has 0 spiro atoms. The fourth-order valence-electron chi connectivity index (χ4n) is 3.93. The van der Waals surface area contributed by atoms with Crippen LogP contribution in [0.4, 0.5) is 9.18 Å². The Bertz CT molecular complexity index is 1060. The maximum Gasteiger partial charge on any atom is 0.407 e. The summed E-state index contributed by atoms with van der Waals surface area (Å²) in [5.41, 5.74) is 0.607. The van der Waals surface area contributed by atoms with Gasteiger partial charge in [0.2, 0.25) is 0 Å². The molecule has 1 amide bonds. The molecule has 0 aromatic heterocycles. The topological polar surface area (TPSA) is 84.9 Å². The molecule has 6 nitrogen and oxygen atoms in total. The number of carbonyl (C=O) groups excluding carboxylic acids is 1. The standard InChI is InChI=1S/C30H44FNO5Si/c1-29(2,3)36-28(35)32-25(18-21-14-10-9-11-15-21)26(37-38(7,8)30(4,5)6)20-23(27(33)34)19-22-16-12-13-17-24(22)31/h9-17,23,25-26H,18-20H2,1-8H3,(H,32,35)(H,33,34). The first-order valence-corrected chi connectivity index (χ1v) is 16.1. The zero-order valence-corrected chi connectivity index (χ0v) is 25.0. The highest BCUT2D eigenvalue weighted by Crippen LogP contribution is 2.39. The van der Waals surface area contributed by atoms with E-state index in [1.807, 2.05) is 30.3 Å². The van der Waals surface area contributed by atoms with Gasteiger partial charge in [0, 0.05) is 0 Å². The lowest BCUT2D eigenvalue weighted by Crippen LogP contribution is -2.54. The first kappa shape index (κ1) is 31.5. The zero-order chi connectivity index (χ0) is 28.7. The lowest BCUT2D eigenvalue weighted by molar-refractivity contribution is -0.142. The molecule has 0 saturated heterocycles. The van der Waals surface area contributed by atoms with E-state index in [1.54, 1.807) is 39.0 Å². The highest BCUT2D eigenvalue weighted by atomic mass is 28.4. The Morgan fingerprint density at radius 2 is 1.53 bits per heavy atom. The normalized spacial score (nSPS) is 14.9. The van der Waals surface area contributed by atoms with Gasteiger partial charge in [-0.2, -0.15) is 0 Å². The van der Waals surface area contributed by atoms with E-state index in [1.165, 1.54) is 6.07 Å². The summed E-state index contributed by atoms with van der Waals surface area (Å²) in [4.78, 5) is 25.4. The molecule has 0 fully saturated rings. The number of halogens is 1. The van der Waals surface area contributed by atoms with Crippen LogP contribution in [0, 0.1) is 11.7 Å². The van der Waals surface area contributed by atoms with Gasteiger partial charge in [-0.3, -0.25) is 4.79 Å². The highest BCUT2D eigenvalue weighted by molar-refractivity contribution is 6.74. The molecule has 0 saturated carbocycles. The van der Waals surface area contributed by atoms with Crippen molar-refractivity contribution in [2.45, 2.75) is 96.7 Å². The summed E-state index contributed by atoms with van der Waals surface area (Å²) in [6.45, 7) is 15.9. The molecule has 0 aliphatic rings. The van der Waals surface area contributed by atoms with Gasteiger partial charge in [-0.1, -0.05) is 69.3 Å². The van der Waals surface area contributed by atoms with Crippen LogP contribution in [0.2, 0.25) is 18.1 Å². The number of aliphatic carboxylic acids is 1. The van der Waals surface area contributed by atoms with Crippen LogP contribution in [-0.2, 0) is 26.8 Å². The molecule has 2 rings (SSSR count). The SMILES string of the molecule is CC(C)(C)OC(=O)NC(Cc1ccccc1)C(CC(Cc1ccccc1F)C(=O)O)O[Si](C)(C)C(C)(C)C. The molecule has 8 heteroatoms. The Balaban J connectivity index is 2.49. The molecule has 2 aromatic carbocycles. The van der Waals surface area contributed by atoms with E-state index >= 15 is 0 Å². The number of hydrogen-bond donors (Lipinski definition) is 2. The number of hydrogen-bond acceptors (Lipinski definition) is 4.